The lowest BCUT2D eigenvalue weighted by Crippen LogP contribution is -2.48. The van der Waals surface area contributed by atoms with Gasteiger partial charge in [-0.25, -0.2) is 0 Å². The number of rotatable bonds is 2. The van der Waals surface area contributed by atoms with Gasteiger partial charge in [-0.1, -0.05) is 0 Å². The van der Waals surface area contributed by atoms with Gasteiger partial charge in [-0.3, -0.25) is 9.59 Å². The Bertz CT molecular complexity index is 374. The van der Waals surface area contributed by atoms with Gasteiger partial charge >= 0.3 is 0 Å². The lowest BCUT2D eigenvalue weighted by atomic mass is 10.1. The van der Waals surface area contributed by atoms with E-state index < -0.39 is 0 Å². The van der Waals surface area contributed by atoms with Crippen LogP contribution in [0.1, 0.15) is 25.7 Å². The van der Waals surface area contributed by atoms with Crippen LogP contribution in [0.5, 0.6) is 0 Å². The predicted octanol–water partition coefficient (Wildman–Crippen LogP) is -0.334. The first-order valence-corrected chi connectivity index (χ1v) is 7.13. The zero-order valence-corrected chi connectivity index (χ0v) is 12.3. The zero-order chi connectivity index (χ0) is 13.2. The molecular formula is C13H22ClN3O3. The summed E-state index contributed by atoms with van der Waals surface area (Å²) in [6.45, 7) is 2.74. The molecule has 0 spiro atoms. The number of amides is 2. The van der Waals surface area contributed by atoms with E-state index in [-0.39, 0.29) is 42.3 Å². The fourth-order valence-corrected chi connectivity index (χ4v) is 3.35. The second kappa shape index (κ2) is 6.74. The maximum Gasteiger partial charge on any atom is 0.224 e. The number of carbonyl (C=O) groups is 2. The van der Waals surface area contributed by atoms with Gasteiger partial charge in [0.25, 0.3) is 0 Å². The third kappa shape index (κ3) is 3.24. The van der Waals surface area contributed by atoms with Crippen LogP contribution in [-0.4, -0.2) is 61.1 Å². The minimum Gasteiger partial charge on any atom is -0.378 e. The van der Waals surface area contributed by atoms with Crippen LogP contribution in [0.15, 0.2) is 0 Å². The van der Waals surface area contributed by atoms with E-state index in [4.69, 9.17) is 4.74 Å². The summed E-state index contributed by atoms with van der Waals surface area (Å²) >= 11 is 0. The Labute approximate surface area is 125 Å². The van der Waals surface area contributed by atoms with Crippen LogP contribution in [0.3, 0.4) is 0 Å². The minimum absolute atomic E-state index is 0. The third-order valence-corrected chi connectivity index (χ3v) is 4.28. The topological polar surface area (TPSA) is 70.7 Å². The average molecular weight is 304 g/mol. The van der Waals surface area contributed by atoms with Crippen LogP contribution < -0.4 is 10.6 Å². The molecule has 3 saturated heterocycles. The number of ether oxygens (including phenoxy) is 1. The maximum absolute atomic E-state index is 12.5. The van der Waals surface area contributed by atoms with Crippen molar-refractivity contribution in [2.75, 3.05) is 26.3 Å². The van der Waals surface area contributed by atoms with Gasteiger partial charge in [-0.15, -0.1) is 12.4 Å². The summed E-state index contributed by atoms with van der Waals surface area (Å²) in [6.07, 6.45) is 2.89. The summed E-state index contributed by atoms with van der Waals surface area (Å²) in [5.41, 5.74) is 0. The van der Waals surface area contributed by atoms with E-state index in [0.717, 1.165) is 26.0 Å². The smallest absolute Gasteiger partial charge is 0.224 e. The van der Waals surface area contributed by atoms with Gasteiger partial charge in [0.1, 0.15) is 0 Å². The molecule has 3 atom stereocenters. The Hall–Kier alpha value is -0.850. The Kier molecular flexibility index (Phi) is 5.23. The molecule has 7 heteroatoms. The number of nitrogens with one attached hydrogen (secondary N) is 2. The Morgan fingerprint density at radius 1 is 1.35 bits per heavy atom. The number of nitrogens with zero attached hydrogens (tertiary/aromatic N) is 1. The molecule has 0 saturated carbocycles. The Morgan fingerprint density at radius 3 is 2.90 bits per heavy atom. The second-order valence-electron chi connectivity index (χ2n) is 5.62. The van der Waals surface area contributed by atoms with E-state index in [1.54, 1.807) is 0 Å². The first kappa shape index (κ1) is 15.5. The molecule has 6 nitrogen and oxygen atoms in total. The van der Waals surface area contributed by atoms with Crippen molar-refractivity contribution in [2.45, 2.75) is 43.8 Å². The summed E-state index contributed by atoms with van der Waals surface area (Å²) in [6, 6.07) is 0.408. The minimum atomic E-state index is 0. The highest BCUT2D eigenvalue weighted by atomic mass is 35.5. The molecule has 2 amide bonds. The highest BCUT2D eigenvalue weighted by Gasteiger charge is 2.40. The molecule has 2 N–H and O–H groups in total. The standard InChI is InChI=1S/C13H21N3O3.ClH/c17-12-6-10-1-2-11(7-15-12)16(10)13(18)5-9-8-19-4-3-14-9;/h9-11,14H,1-8H2,(H,15,17);1H. The first-order chi connectivity index (χ1) is 9.24. The molecule has 3 unspecified atom stereocenters. The largest absolute Gasteiger partial charge is 0.378 e. The van der Waals surface area contributed by atoms with E-state index in [1.165, 1.54) is 0 Å². The van der Waals surface area contributed by atoms with Crippen LogP contribution in [0.2, 0.25) is 0 Å². The van der Waals surface area contributed by atoms with Crippen LogP contribution in [0, 0.1) is 0 Å². The fraction of sp³-hybridized carbons (Fsp3) is 0.846. The van der Waals surface area contributed by atoms with Gasteiger partial charge in [-0.05, 0) is 12.8 Å². The lowest BCUT2D eigenvalue weighted by Gasteiger charge is -2.30. The molecule has 0 aliphatic carbocycles. The van der Waals surface area contributed by atoms with Crippen molar-refractivity contribution in [3.8, 4) is 0 Å². The van der Waals surface area contributed by atoms with E-state index in [1.807, 2.05) is 4.90 Å². The number of hydrogen-bond acceptors (Lipinski definition) is 4. The molecule has 2 bridgehead atoms. The lowest BCUT2D eigenvalue weighted by molar-refractivity contribution is -0.135. The van der Waals surface area contributed by atoms with Crippen LogP contribution >= 0.6 is 12.4 Å². The number of fused-ring (bicyclic) bond motifs is 2. The number of hydrogen-bond donors (Lipinski definition) is 2. The highest BCUT2D eigenvalue weighted by molar-refractivity contribution is 5.85. The predicted molar refractivity (Wildman–Crippen MR) is 75.8 cm³/mol. The van der Waals surface area contributed by atoms with Crippen molar-refractivity contribution >= 4 is 24.2 Å². The Balaban J connectivity index is 0.00000147. The molecule has 114 valence electrons. The van der Waals surface area contributed by atoms with Crippen molar-refractivity contribution < 1.29 is 14.3 Å². The Morgan fingerprint density at radius 2 is 2.15 bits per heavy atom. The number of halogens is 1. The molecule has 3 fully saturated rings. The molecule has 3 heterocycles. The molecular weight excluding hydrogens is 282 g/mol. The van der Waals surface area contributed by atoms with E-state index in [2.05, 4.69) is 10.6 Å². The van der Waals surface area contributed by atoms with Crippen LogP contribution in [-0.2, 0) is 14.3 Å². The summed E-state index contributed by atoms with van der Waals surface area (Å²) in [7, 11) is 0. The normalized spacial score (nSPS) is 33.1. The van der Waals surface area contributed by atoms with Crippen LogP contribution in [0.4, 0.5) is 0 Å². The van der Waals surface area contributed by atoms with Crippen LogP contribution in [0.25, 0.3) is 0 Å². The summed E-state index contributed by atoms with van der Waals surface area (Å²) < 4.78 is 5.38. The number of carbonyl (C=O) groups excluding carboxylic acids is 2. The summed E-state index contributed by atoms with van der Waals surface area (Å²) in [5.74, 6) is 0.233. The first-order valence-electron chi connectivity index (χ1n) is 7.13. The van der Waals surface area contributed by atoms with Crippen molar-refractivity contribution in [1.82, 2.24) is 15.5 Å². The van der Waals surface area contributed by atoms with Gasteiger partial charge in [0.2, 0.25) is 11.8 Å². The van der Waals surface area contributed by atoms with Gasteiger partial charge in [0.15, 0.2) is 0 Å². The molecule has 0 aromatic heterocycles. The van der Waals surface area contributed by atoms with Crippen molar-refractivity contribution in [2.24, 2.45) is 0 Å². The van der Waals surface area contributed by atoms with E-state index in [0.29, 0.717) is 26.0 Å². The van der Waals surface area contributed by atoms with Crippen molar-refractivity contribution in [3.63, 3.8) is 0 Å². The summed E-state index contributed by atoms with van der Waals surface area (Å²) in [5, 5.41) is 6.20. The highest BCUT2D eigenvalue weighted by Crippen LogP contribution is 2.29. The van der Waals surface area contributed by atoms with Crippen molar-refractivity contribution in [3.05, 3.63) is 0 Å². The quantitative estimate of drug-likeness (QED) is 0.733. The van der Waals surface area contributed by atoms with Gasteiger partial charge in [0.05, 0.1) is 13.2 Å². The molecule has 0 aromatic carbocycles. The zero-order valence-electron chi connectivity index (χ0n) is 11.5. The number of morpholine rings is 1. The summed E-state index contributed by atoms with van der Waals surface area (Å²) in [4.78, 5) is 26.0. The molecule has 20 heavy (non-hydrogen) atoms. The monoisotopic (exact) mass is 303 g/mol. The second-order valence-corrected chi connectivity index (χ2v) is 5.62. The SMILES string of the molecule is Cl.O=C1CC2CCC(CN1)N2C(=O)CC1COCCN1. The molecule has 3 aliphatic rings. The molecule has 0 aromatic rings. The third-order valence-electron chi connectivity index (χ3n) is 4.28. The fourth-order valence-electron chi connectivity index (χ4n) is 3.35. The van der Waals surface area contributed by atoms with Gasteiger partial charge < -0.3 is 20.3 Å². The van der Waals surface area contributed by atoms with E-state index in [9.17, 15) is 9.59 Å². The van der Waals surface area contributed by atoms with E-state index >= 15 is 0 Å². The van der Waals surface area contributed by atoms with Gasteiger partial charge in [0, 0.05) is 44.1 Å². The maximum atomic E-state index is 12.5. The molecule has 3 aliphatic heterocycles. The van der Waals surface area contributed by atoms with Crippen molar-refractivity contribution in [1.29, 1.82) is 0 Å². The molecule has 3 rings (SSSR count). The average Bonchev–Trinajstić information content (AvgIpc) is 2.71. The molecule has 0 radical (unpaired) electrons. The van der Waals surface area contributed by atoms with Gasteiger partial charge in [-0.2, -0.15) is 0 Å².